The monoisotopic (exact) mass is 236 g/mol. The highest BCUT2D eigenvalue weighted by atomic mass is 19.4. The second kappa shape index (κ2) is 6.20. The summed E-state index contributed by atoms with van der Waals surface area (Å²) in [7, 11) is 0. The van der Waals surface area contributed by atoms with E-state index in [1.54, 1.807) is 0 Å². The van der Waals surface area contributed by atoms with E-state index in [0.717, 1.165) is 0 Å². The normalized spacial score (nSPS) is 12.3. The Balaban J connectivity index is 3.67. The van der Waals surface area contributed by atoms with Gasteiger partial charge in [0.25, 0.3) is 0 Å². The van der Waals surface area contributed by atoms with Crippen molar-refractivity contribution < 1.29 is 35.8 Å². The first-order chi connectivity index (χ1) is 6.84. The molecule has 0 saturated carbocycles. The number of halogens is 6. The highest BCUT2D eigenvalue weighted by Gasteiger charge is 2.35. The van der Waals surface area contributed by atoms with Gasteiger partial charge in [0.15, 0.2) is 0 Å². The first-order valence-electron chi connectivity index (χ1n) is 3.51. The van der Waals surface area contributed by atoms with Gasteiger partial charge in [0, 0.05) is 0 Å². The van der Waals surface area contributed by atoms with E-state index in [0.29, 0.717) is 0 Å². The van der Waals surface area contributed by atoms with Crippen molar-refractivity contribution in [1.82, 2.24) is 0 Å². The molecule has 0 fully saturated rings. The van der Waals surface area contributed by atoms with Crippen LogP contribution in [0.1, 0.15) is 0 Å². The molecular weight excluding hydrogens is 230 g/mol. The largest absolute Gasteiger partial charge is 0.495 e. The van der Waals surface area contributed by atoms with Crippen LogP contribution in [-0.4, -0.2) is 19.4 Å². The third kappa shape index (κ3) is 7.71. The quantitative estimate of drug-likeness (QED) is 0.414. The molecule has 0 aromatic heterocycles. The molecule has 0 amide bonds. The molecule has 88 valence electrons. The van der Waals surface area contributed by atoms with Crippen LogP contribution in [-0.2, 0) is 9.47 Å². The molecular formula is C7H6F6O2. The summed E-state index contributed by atoms with van der Waals surface area (Å²) in [4.78, 5) is 0. The van der Waals surface area contributed by atoms with Gasteiger partial charge in [0.2, 0.25) is 5.83 Å². The summed E-state index contributed by atoms with van der Waals surface area (Å²) in [6.45, 7) is -0.897. The van der Waals surface area contributed by atoms with Crippen molar-refractivity contribution in [2.45, 2.75) is 6.18 Å². The van der Waals surface area contributed by atoms with Gasteiger partial charge >= 0.3 is 12.3 Å². The van der Waals surface area contributed by atoms with Crippen LogP contribution in [0.4, 0.5) is 26.3 Å². The van der Waals surface area contributed by atoms with Crippen LogP contribution in [0.25, 0.3) is 0 Å². The second-order valence-electron chi connectivity index (χ2n) is 2.11. The zero-order valence-electron chi connectivity index (χ0n) is 7.15. The summed E-state index contributed by atoms with van der Waals surface area (Å²) in [5, 5.41) is 0. The molecule has 0 N–H and O–H groups in total. The molecule has 0 aliphatic carbocycles. The molecule has 0 aliphatic heterocycles. The predicted molar refractivity (Wildman–Crippen MR) is 37.4 cm³/mol. The molecule has 0 atom stereocenters. The molecule has 0 saturated heterocycles. The minimum absolute atomic E-state index is 0.104. The first-order valence-corrected chi connectivity index (χ1v) is 3.51. The van der Waals surface area contributed by atoms with Gasteiger partial charge < -0.3 is 9.47 Å². The van der Waals surface area contributed by atoms with Gasteiger partial charge in [-0.1, -0.05) is 0 Å². The second-order valence-corrected chi connectivity index (χ2v) is 2.11. The maximum Gasteiger partial charge on any atom is 0.446 e. The molecule has 0 bridgehead atoms. The van der Waals surface area contributed by atoms with Gasteiger partial charge in [-0.2, -0.15) is 26.3 Å². The smallest absolute Gasteiger partial charge is 0.446 e. The number of alkyl halides is 3. The lowest BCUT2D eigenvalue weighted by atomic mass is 10.6. The minimum atomic E-state index is -5.11. The summed E-state index contributed by atoms with van der Waals surface area (Å²) in [5.41, 5.74) is 0. The fourth-order valence-electron chi connectivity index (χ4n) is 0.417. The van der Waals surface area contributed by atoms with Gasteiger partial charge in [-0.05, 0) is 0 Å². The van der Waals surface area contributed by atoms with Gasteiger partial charge in [0.1, 0.15) is 25.7 Å². The fourth-order valence-corrected chi connectivity index (χ4v) is 0.417. The average molecular weight is 236 g/mol. The minimum Gasteiger partial charge on any atom is -0.495 e. The molecule has 0 rings (SSSR count). The Morgan fingerprint density at radius 1 is 0.933 bits per heavy atom. The molecule has 0 radical (unpaired) electrons. The third-order valence-electron chi connectivity index (χ3n) is 0.949. The van der Waals surface area contributed by atoms with Crippen LogP contribution in [0.2, 0.25) is 0 Å². The van der Waals surface area contributed by atoms with Crippen molar-refractivity contribution in [3.8, 4) is 0 Å². The van der Waals surface area contributed by atoms with Crippen molar-refractivity contribution in [2.24, 2.45) is 0 Å². The van der Waals surface area contributed by atoms with Crippen molar-refractivity contribution in [1.29, 1.82) is 0 Å². The zero-order valence-corrected chi connectivity index (χ0v) is 7.15. The average Bonchev–Trinajstić information content (AvgIpc) is 2.08. The Hall–Kier alpha value is -1.34. The molecule has 0 spiro atoms. The predicted octanol–water partition coefficient (Wildman–Crippen LogP) is 3.13. The number of hydrogen-bond donors (Lipinski definition) is 0. The van der Waals surface area contributed by atoms with E-state index in [-0.39, 0.29) is 12.5 Å². The van der Waals surface area contributed by atoms with E-state index in [1.165, 1.54) is 0 Å². The van der Waals surface area contributed by atoms with Crippen LogP contribution in [0, 0.1) is 0 Å². The van der Waals surface area contributed by atoms with E-state index < -0.39 is 31.3 Å². The van der Waals surface area contributed by atoms with Crippen LogP contribution >= 0.6 is 0 Å². The zero-order chi connectivity index (χ0) is 11.9. The first kappa shape index (κ1) is 13.7. The summed E-state index contributed by atoms with van der Waals surface area (Å²) in [6.07, 6.45) is -7.25. The standard InChI is InChI=1S/C7H6F6O2/c8-5(7(11,12)13)3-14-1-2-15-4-6(9)10/h3-4H,1-2H2/b5-3+. The summed E-state index contributed by atoms with van der Waals surface area (Å²) < 4.78 is 77.1. The Kier molecular flexibility index (Phi) is 5.65. The lowest BCUT2D eigenvalue weighted by molar-refractivity contribution is -0.111. The van der Waals surface area contributed by atoms with Crippen LogP contribution in [0.5, 0.6) is 0 Å². The molecule has 2 nitrogen and oxygen atoms in total. The highest BCUT2D eigenvalue weighted by molar-refractivity contribution is 4.93. The van der Waals surface area contributed by atoms with Crippen LogP contribution in [0.3, 0.4) is 0 Å². The topological polar surface area (TPSA) is 18.5 Å². The van der Waals surface area contributed by atoms with Gasteiger partial charge in [-0.15, -0.1) is 0 Å². The summed E-state index contributed by atoms with van der Waals surface area (Å²) in [5.74, 6) is -2.41. The van der Waals surface area contributed by atoms with Crippen molar-refractivity contribution >= 4 is 0 Å². The van der Waals surface area contributed by atoms with Crippen LogP contribution < -0.4 is 0 Å². The SMILES string of the molecule is FC(F)=COCCO/C=C(/F)C(F)(F)F. The lowest BCUT2D eigenvalue weighted by Gasteiger charge is -2.03. The third-order valence-corrected chi connectivity index (χ3v) is 0.949. The molecule has 0 aromatic carbocycles. The maximum absolute atomic E-state index is 12.0. The molecule has 0 aromatic rings. The molecule has 0 unspecified atom stereocenters. The number of ether oxygens (including phenoxy) is 2. The number of hydrogen-bond acceptors (Lipinski definition) is 2. The van der Waals surface area contributed by atoms with E-state index in [2.05, 4.69) is 9.47 Å². The van der Waals surface area contributed by atoms with Crippen molar-refractivity contribution in [3.05, 3.63) is 24.4 Å². The molecule has 8 heteroatoms. The van der Waals surface area contributed by atoms with Gasteiger partial charge in [-0.25, -0.2) is 0 Å². The number of rotatable bonds is 5. The van der Waals surface area contributed by atoms with E-state index in [1.807, 2.05) is 0 Å². The Bertz CT molecular complexity index is 240. The van der Waals surface area contributed by atoms with E-state index in [4.69, 9.17) is 0 Å². The fraction of sp³-hybridized carbons (Fsp3) is 0.429. The Morgan fingerprint density at radius 2 is 1.40 bits per heavy atom. The summed E-state index contributed by atoms with van der Waals surface area (Å²) >= 11 is 0. The molecule has 0 aliphatic rings. The van der Waals surface area contributed by atoms with E-state index in [9.17, 15) is 26.3 Å². The molecule has 15 heavy (non-hydrogen) atoms. The van der Waals surface area contributed by atoms with Gasteiger partial charge in [0.05, 0.1) is 0 Å². The lowest BCUT2D eigenvalue weighted by Crippen LogP contribution is -2.09. The highest BCUT2D eigenvalue weighted by Crippen LogP contribution is 2.26. The maximum atomic E-state index is 12.0. The molecule has 0 heterocycles. The summed E-state index contributed by atoms with van der Waals surface area (Å²) in [6, 6.07) is 0. The van der Waals surface area contributed by atoms with Crippen LogP contribution in [0.15, 0.2) is 24.4 Å². The number of allylic oxidation sites excluding steroid dienone is 1. The Morgan fingerprint density at radius 3 is 1.80 bits per heavy atom. The van der Waals surface area contributed by atoms with E-state index >= 15 is 0 Å². The van der Waals surface area contributed by atoms with Crippen molar-refractivity contribution in [2.75, 3.05) is 13.2 Å². The van der Waals surface area contributed by atoms with Gasteiger partial charge in [-0.3, -0.25) is 0 Å². The Labute approximate surface area is 80.8 Å². The van der Waals surface area contributed by atoms with Crippen molar-refractivity contribution in [3.63, 3.8) is 0 Å².